The highest BCUT2D eigenvalue weighted by atomic mass is 16.5. The molecule has 2 heteroatoms. The first-order valence-corrected chi connectivity index (χ1v) is 6.46. The fourth-order valence-corrected chi connectivity index (χ4v) is 2.33. The number of hydrogen-bond donors (Lipinski definition) is 1. The van der Waals surface area contributed by atoms with E-state index >= 15 is 0 Å². The lowest BCUT2D eigenvalue weighted by atomic mass is 9.88. The summed E-state index contributed by atoms with van der Waals surface area (Å²) in [7, 11) is 1.78. The van der Waals surface area contributed by atoms with Crippen LogP contribution in [0.3, 0.4) is 0 Å². The lowest BCUT2D eigenvalue weighted by Gasteiger charge is -2.30. The van der Waals surface area contributed by atoms with Crippen molar-refractivity contribution in [2.45, 2.75) is 44.8 Å². The molecule has 0 spiro atoms. The molecule has 17 heavy (non-hydrogen) atoms. The Bertz CT molecular complexity index is 373. The van der Waals surface area contributed by atoms with Gasteiger partial charge in [0.25, 0.3) is 0 Å². The Morgan fingerprint density at radius 3 is 2.71 bits per heavy atom. The molecule has 94 valence electrons. The molecule has 1 aromatic carbocycles. The van der Waals surface area contributed by atoms with Gasteiger partial charge in [-0.2, -0.15) is 0 Å². The maximum atomic E-state index is 5.44. The molecule has 1 aromatic rings. The van der Waals surface area contributed by atoms with E-state index in [1.165, 1.54) is 24.0 Å². The van der Waals surface area contributed by atoms with Gasteiger partial charge in [0, 0.05) is 19.7 Å². The normalized spacial score (nSPS) is 20.1. The summed E-state index contributed by atoms with van der Waals surface area (Å²) in [6, 6.07) is 9.38. The first-order valence-electron chi connectivity index (χ1n) is 6.46. The van der Waals surface area contributed by atoms with Gasteiger partial charge in [-0.05, 0) is 44.2 Å². The Morgan fingerprint density at radius 2 is 2.00 bits per heavy atom. The Balaban J connectivity index is 1.90. The van der Waals surface area contributed by atoms with Gasteiger partial charge in [-0.3, -0.25) is 0 Å². The van der Waals surface area contributed by atoms with Gasteiger partial charge in [0.15, 0.2) is 0 Å². The molecule has 1 aliphatic rings. The van der Waals surface area contributed by atoms with Crippen molar-refractivity contribution in [1.82, 2.24) is 5.32 Å². The average molecular weight is 233 g/mol. The molecule has 0 saturated carbocycles. The van der Waals surface area contributed by atoms with E-state index in [4.69, 9.17) is 4.74 Å². The molecule has 1 aliphatic carbocycles. The average Bonchev–Trinajstić information content (AvgIpc) is 2.36. The molecule has 0 radical (unpaired) electrons. The largest absolute Gasteiger partial charge is 0.377 e. The first-order chi connectivity index (χ1) is 8.11. The van der Waals surface area contributed by atoms with Crippen molar-refractivity contribution in [2.24, 2.45) is 0 Å². The van der Waals surface area contributed by atoms with Gasteiger partial charge in [0.2, 0.25) is 0 Å². The maximum Gasteiger partial charge on any atom is 0.0746 e. The number of aryl methyl sites for hydroxylation is 1. The number of hydrogen-bond acceptors (Lipinski definition) is 2. The van der Waals surface area contributed by atoms with E-state index in [9.17, 15) is 0 Å². The second-order valence-electron chi connectivity index (χ2n) is 5.55. The second-order valence-corrected chi connectivity index (χ2v) is 5.55. The van der Waals surface area contributed by atoms with E-state index in [1.807, 2.05) is 0 Å². The zero-order valence-electron chi connectivity index (χ0n) is 11.1. The third-order valence-corrected chi connectivity index (χ3v) is 3.72. The van der Waals surface area contributed by atoms with Crippen molar-refractivity contribution >= 4 is 0 Å². The fraction of sp³-hybridized carbons (Fsp3) is 0.600. The van der Waals surface area contributed by atoms with Crippen LogP contribution in [0.2, 0.25) is 0 Å². The highest BCUT2D eigenvalue weighted by Crippen LogP contribution is 2.21. The van der Waals surface area contributed by atoms with Crippen LogP contribution in [0.25, 0.3) is 0 Å². The molecule has 1 atom stereocenters. The minimum atomic E-state index is -0.0725. The van der Waals surface area contributed by atoms with Gasteiger partial charge in [-0.15, -0.1) is 0 Å². The highest BCUT2D eigenvalue weighted by Gasteiger charge is 2.21. The lowest BCUT2D eigenvalue weighted by Crippen LogP contribution is -2.44. The summed E-state index contributed by atoms with van der Waals surface area (Å²) >= 11 is 0. The molecule has 0 fully saturated rings. The SMILES string of the molecule is COC(C)(C)CNC1CCc2ccccc2C1. The molecular formula is C15H23NO. The number of nitrogens with one attached hydrogen (secondary N) is 1. The van der Waals surface area contributed by atoms with Gasteiger partial charge in [0.05, 0.1) is 5.60 Å². The van der Waals surface area contributed by atoms with Crippen molar-refractivity contribution in [3.05, 3.63) is 35.4 Å². The van der Waals surface area contributed by atoms with Crippen LogP contribution < -0.4 is 5.32 Å². The Kier molecular flexibility index (Phi) is 3.85. The molecule has 0 heterocycles. The van der Waals surface area contributed by atoms with E-state index in [0.717, 1.165) is 13.0 Å². The molecule has 0 aromatic heterocycles. The first kappa shape index (κ1) is 12.6. The van der Waals surface area contributed by atoms with Crippen LogP contribution >= 0.6 is 0 Å². The van der Waals surface area contributed by atoms with E-state index in [2.05, 4.69) is 43.4 Å². The molecule has 2 nitrogen and oxygen atoms in total. The van der Waals surface area contributed by atoms with Gasteiger partial charge >= 0.3 is 0 Å². The predicted molar refractivity (Wildman–Crippen MR) is 71.3 cm³/mol. The number of rotatable bonds is 4. The van der Waals surface area contributed by atoms with Crippen LogP contribution in [0, 0.1) is 0 Å². The van der Waals surface area contributed by atoms with Crippen molar-refractivity contribution in [1.29, 1.82) is 0 Å². The van der Waals surface area contributed by atoms with Crippen LogP contribution in [0.15, 0.2) is 24.3 Å². The maximum absolute atomic E-state index is 5.44. The second kappa shape index (κ2) is 5.19. The van der Waals surface area contributed by atoms with Gasteiger partial charge in [-0.25, -0.2) is 0 Å². The molecular weight excluding hydrogens is 210 g/mol. The zero-order chi connectivity index (χ0) is 12.3. The quantitative estimate of drug-likeness (QED) is 0.863. The van der Waals surface area contributed by atoms with Gasteiger partial charge in [-0.1, -0.05) is 24.3 Å². The minimum Gasteiger partial charge on any atom is -0.377 e. The summed E-state index contributed by atoms with van der Waals surface area (Å²) in [6.45, 7) is 5.16. The Hall–Kier alpha value is -0.860. The number of methoxy groups -OCH3 is 1. The van der Waals surface area contributed by atoms with Crippen LogP contribution in [0.4, 0.5) is 0 Å². The Labute approximate surface area is 104 Å². The molecule has 0 saturated heterocycles. The highest BCUT2D eigenvalue weighted by molar-refractivity contribution is 5.30. The van der Waals surface area contributed by atoms with Gasteiger partial charge < -0.3 is 10.1 Å². The third-order valence-electron chi connectivity index (χ3n) is 3.72. The smallest absolute Gasteiger partial charge is 0.0746 e. The summed E-state index contributed by atoms with van der Waals surface area (Å²) in [5.41, 5.74) is 2.96. The van der Waals surface area contributed by atoms with Crippen LogP contribution in [0.1, 0.15) is 31.4 Å². The zero-order valence-corrected chi connectivity index (χ0v) is 11.1. The summed E-state index contributed by atoms with van der Waals surface area (Å²) in [5.74, 6) is 0. The topological polar surface area (TPSA) is 21.3 Å². The molecule has 1 N–H and O–H groups in total. The summed E-state index contributed by atoms with van der Waals surface area (Å²) < 4.78 is 5.44. The molecule has 0 aliphatic heterocycles. The molecule has 0 bridgehead atoms. The number of fused-ring (bicyclic) bond motifs is 1. The molecule has 0 amide bonds. The van der Waals surface area contributed by atoms with Crippen LogP contribution in [-0.2, 0) is 17.6 Å². The molecule has 1 unspecified atom stereocenters. The monoisotopic (exact) mass is 233 g/mol. The van der Waals surface area contributed by atoms with E-state index < -0.39 is 0 Å². The summed E-state index contributed by atoms with van der Waals surface area (Å²) in [4.78, 5) is 0. The van der Waals surface area contributed by atoms with Gasteiger partial charge in [0.1, 0.15) is 0 Å². The van der Waals surface area contributed by atoms with Crippen LogP contribution in [0.5, 0.6) is 0 Å². The number of ether oxygens (including phenoxy) is 1. The van der Waals surface area contributed by atoms with E-state index in [0.29, 0.717) is 6.04 Å². The van der Waals surface area contributed by atoms with Crippen molar-refractivity contribution in [2.75, 3.05) is 13.7 Å². The third kappa shape index (κ3) is 3.30. The fourth-order valence-electron chi connectivity index (χ4n) is 2.33. The summed E-state index contributed by atoms with van der Waals surface area (Å²) in [6.07, 6.45) is 3.58. The Morgan fingerprint density at radius 1 is 1.29 bits per heavy atom. The van der Waals surface area contributed by atoms with Crippen molar-refractivity contribution in [3.63, 3.8) is 0 Å². The number of benzene rings is 1. The molecule has 2 rings (SSSR count). The van der Waals surface area contributed by atoms with Crippen LogP contribution in [-0.4, -0.2) is 25.3 Å². The van der Waals surface area contributed by atoms with E-state index in [-0.39, 0.29) is 5.60 Å². The van der Waals surface area contributed by atoms with Crippen molar-refractivity contribution in [3.8, 4) is 0 Å². The predicted octanol–water partition coefficient (Wildman–Crippen LogP) is 2.56. The van der Waals surface area contributed by atoms with Crippen molar-refractivity contribution < 1.29 is 4.74 Å². The summed E-state index contributed by atoms with van der Waals surface area (Å²) in [5, 5.41) is 3.63. The minimum absolute atomic E-state index is 0.0725. The lowest BCUT2D eigenvalue weighted by molar-refractivity contribution is 0.0207. The van der Waals surface area contributed by atoms with E-state index in [1.54, 1.807) is 7.11 Å². The standard InChI is InChI=1S/C15H23NO/c1-15(2,17-3)11-16-14-9-8-12-6-4-5-7-13(12)10-14/h4-7,14,16H,8-11H2,1-3H3.